The first-order chi connectivity index (χ1) is 26.8. The van der Waals surface area contributed by atoms with Crippen molar-refractivity contribution in [1.82, 2.24) is 9.97 Å². The Bertz CT molecular complexity index is 1840. The van der Waals surface area contributed by atoms with Gasteiger partial charge < -0.3 is 9.47 Å². The molecule has 294 valence electrons. The van der Waals surface area contributed by atoms with E-state index in [1.54, 1.807) is 12.4 Å². The van der Waals surface area contributed by atoms with Gasteiger partial charge in [0.1, 0.15) is 11.4 Å². The standard InChI is InChI=1S/C24H29F2NO.C23H27F2NO/c1-3-5-7-8-10-19-11-14-21(27-18-19)15-12-20-13-16-22(24(26)23(20)25)28-17-9-6-4-2;1-3-5-7-9-18-10-13-20(26-17-18)14-11-19-12-15-21(23(25)22(19)24)27-16-8-6-4-2/h11,13-14,16,18H,3-10,17H2,1-2H3;10,12-13,15,17H,3-9,16H2,1-2H3. The van der Waals surface area contributed by atoms with E-state index < -0.39 is 23.3 Å². The Morgan fingerprint density at radius 3 is 1.24 bits per heavy atom. The van der Waals surface area contributed by atoms with Crippen LogP contribution in [0.3, 0.4) is 0 Å². The third-order valence-electron chi connectivity index (χ3n) is 8.79. The molecule has 0 amide bonds. The van der Waals surface area contributed by atoms with E-state index in [2.05, 4.69) is 61.3 Å². The average molecular weight is 757 g/mol. The highest BCUT2D eigenvalue weighted by molar-refractivity contribution is 5.45. The topological polar surface area (TPSA) is 44.2 Å². The molecule has 4 nitrogen and oxygen atoms in total. The van der Waals surface area contributed by atoms with E-state index in [0.29, 0.717) is 24.6 Å². The number of aromatic nitrogens is 2. The fourth-order valence-corrected chi connectivity index (χ4v) is 5.44. The first-order valence-corrected chi connectivity index (χ1v) is 20.0. The molecule has 0 aliphatic heterocycles. The van der Waals surface area contributed by atoms with E-state index in [0.717, 1.165) is 69.8 Å². The van der Waals surface area contributed by atoms with Crippen LogP contribution in [0.15, 0.2) is 60.9 Å². The van der Waals surface area contributed by atoms with Gasteiger partial charge in [-0.3, -0.25) is 0 Å². The predicted molar refractivity (Wildman–Crippen MR) is 214 cm³/mol. The zero-order valence-electron chi connectivity index (χ0n) is 33.0. The Hall–Kier alpha value is -4.82. The van der Waals surface area contributed by atoms with Gasteiger partial charge in [0.25, 0.3) is 0 Å². The minimum atomic E-state index is -0.988. The third-order valence-corrected chi connectivity index (χ3v) is 8.79. The molecule has 0 fully saturated rings. The lowest BCUT2D eigenvalue weighted by atomic mass is 10.1. The summed E-state index contributed by atoms with van der Waals surface area (Å²) in [7, 11) is 0. The molecule has 0 atom stereocenters. The van der Waals surface area contributed by atoms with Gasteiger partial charge in [0.15, 0.2) is 23.1 Å². The Kier molecular flexibility index (Phi) is 21.1. The summed E-state index contributed by atoms with van der Waals surface area (Å²) in [5, 5.41) is 0. The Balaban J connectivity index is 0.000000296. The molecule has 55 heavy (non-hydrogen) atoms. The molecule has 0 saturated heterocycles. The third kappa shape index (κ3) is 16.2. The number of halogens is 4. The van der Waals surface area contributed by atoms with E-state index >= 15 is 0 Å². The number of pyridine rings is 2. The molecular formula is C47H56F4N2O2. The second-order valence-electron chi connectivity index (χ2n) is 13.5. The molecule has 0 N–H and O–H groups in total. The Labute approximate surface area is 326 Å². The number of hydrogen-bond acceptors (Lipinski definition) is 4. The van der Waals surface area contributed by atoms with Crippen molar-refractivity contribution in [3.05, 3.63) is 118 Å². The van der Waals surface area contributed by atoms with Crippen LogP contribution in [0.1, 0.15) is 145 Å². The summed E-state index contributed by atoms with van der Waals surface area (Å²) in [4.78, 5) is 8.59. The molecule has 4 aromatic rings. The highest BCUT2D eigenvalue weighted by Gasteiger charge is 2.14. The number of nitrogens with zero attached hydrogens (tertiary/aromatic N) is 2. The molecule has 2 aromatic heterocycles. The molecule has 0 radical (unpaired) electrons. The molecule has 0 aliphatic rings. The van der Waals surface area contributed by atoms with Gasteiger partial charge in [-0.05, 0) is 97.9 Å². The van der Waals surface area contributed by atoms with Gasteiger partial charge in [-0.15, -0.1) is 0 Å². The summed E-state index contributed by atoms with van der Waals surface area (Å²) >= 11 is 0. The molecule has 0 aliphatic carbocycles. The molecule has 4 rings (SSSR count). The lowest BCUT2D eigenvalue weighted by Crippen LogP contribution is -2.01. The van der Waals surface area contributed by atoms with Gasteiger partial charge in [0.2, 0.25) is 11.6 Å². The second-order valence-corrected chi connectivity index (χ2v) is 13.5. The summed E-state index contributed by atoms with van der Waals surface area (Å²) in [5.41, 5.74) is 3.41. The summed E-state index contributed by atoms with van der Waals surface area (Å²) in [5.74, 6) is 6.86. The van der Waals surface area contributed by atoms with Crippen molar-refractivity contribution < 1.29 is 27.0 Å². The molecule has 2 aromatic carbocycles. The van der Waals surface area contributed by atoms with E-state index in [9.17, 15) is 17.6 Å². The number of rotatable bonds is 19. The highest BCUT2D eigenvalue weighted by atomic mass is 19.2. The maximum atomic E-state index is 14.2. The minimum absolute atomic E-state index is 0.00207. The zero-order valence-corrected chi connectivity index (χ0v) is 33.0. The fraction of sp³-hybridized carbons (Fsp3) is 0.447. The van der Waals surface area contributed by atoms with Crippen LogP contribution < -0.4 is 9.47 Å². The van der Waals surface area contributed by atoms with Crippen molar-refractivity contribution in [2.75, 3.05) is 13.2 Å². The van der Waals surface area contributed by atoms with Gasteiger partial charge in [-0.2, -0.15) is 8.78 Å². The van der Waals surface area contributed by atoms with Crippen LogP contribution in [0, 0.1) is 47.0 Å². The predicted octanol–water partition coefficient (Wildman–Crippen LogP) is 12.5. The van der Waals surface area contributed by atoms with Gasteiger partial charge in [-0.25, -0.2) is 18.7 Å². The number of aryl methyl sites for hydroxylation is 2. The molecule has 0 saturated carbocycles. The molecule has 0 bridgehead atoms. The van der Waals surface area contributed by atoms with E-state index in [1.807, 2.05) is 24.3 Å². The summed E-state index contributed by atoms with van der Waals surface area (Å²) in [6.45, 7) is 9.27. The Morgan fingerprint density at radius 1 is 0.436 bits per heavy atom. The summed E-state index contributed by atoms with van der Waals surface area (Å²) < 4.78 is 67.3. The van der Waals surface area contributed by atoms with E-state index in [4.69, 9.17) is 9.47 Å². The van der Waals surface area contributed by atoms with Crippen LogP contribution in [0.4, 0.5) is 17.6 Å². The molecular weight excluding hydrogens is 701 g/mol. The molecule has 8 heteroatoms. The van der Waals surface area contributed by atoms with Crippen LogP contribution in [0.5, 0.6) is 11.5 Å². The number of ether oxygens (including phenoxy) is 2. The molecule has 0 spiro atoms. The normalized spacial score (nSPS) is 10.4. The highest BCUT2D eigenvalue weighted by Crippen LogP contribution is 2.24. The zero-order chi connectivity index (χ0) is 39.7. The van der Waals surface area contributed by atoms with Gasteiger partial charge in [-0.1, -0.05) is 109 Å². The van der Waals surface area contributed by atoms with Crippen LogP contribution in [0.2, 0.25) is 0 Å². The van der Waals surface area contributed by atoms with Crippen LogP contribution in [-0.2, 0) is 12.8 Å². The largest absolute Gasteiger partial charge is 0.490 e. The van der Waals surface area contributed by atoms with E-state index in [1.165, 1.54) is 61.9 Å². The van der Waals surface area contributed by atoms with E-state index in [-0.39, 0.29) is 22.6 Å². The van der Waals surface area contributed by atoms with Crippen LogP contribution in [0.25, 0.3) is 0 Å². The van der Waals surface area contributed by atoms with Crippen molar-refractivity contribution >= 4 is 0 Å². The lowest BCUT2D eigenvalue weighted by molar-refractivity contribution is 0.286. The number of benzene rings is 2. The lowest BCUT2D eigenvalue weighted by Gasteiger charge is -2.08. The maximum absolute atomic E-state index is 14.2. The second kappa shape index (κ2) is 26.1. The van der Waals surface area contributed by atoms with Crippen molar-refractivity contribution in [1.29, 1.82) is 0 Å². The van der Waals surface area contributed by atoms with Crippen molar-refractivity contribution in [2.24, 2.45) is 0 Å². The number of hydrogen-bond donors (Lipinski definition) is 0. The maximum Gasteiger partial charge on any atom is 0.201 e. The minimum Gasteiger partial charge on any atom is -0.490 e. The monoisotopic (exact) mass is 756 g/mol. The smallest absolute Gasteiger partial charge is 0.201 e. The van der Waals surface area contributed by atoms with Crippen LogP contribution in [-0.4, -0.2) is 23.2 Å². The molecule has 2 heterocycles. The van der Waals surface area contributed by atoms with Gasteiger partial charge in [0, 0.05) is 12.4 Å². The van der Waals surface area contributed by atoms with Gasteiger partial charge in [0.05, 0.1) is 24.3 Å². The summed E-state index contributed by atoms with van der Waals surface area (Å²) in [6.07, 6.45) is 19.7. The average Bonchev–Trinajstić information content (AvgIpc) is 3.20. The Morgan fingerprint density at radius 2 is 0.836 bits per heavy atom. The quantitative estimate of drug-likeness (QED) is 0.0543. The summed E-state index contributed by atoms with van der Waals surface area (Å²) in [6, 6.07) is 13.4. The first kappa shape index (κ1) is 44.6. The first-order valence-electron chi connectivity index (χ1n) is 20.0. The van der Waals surface area contributed by atoms with Crippen molar-refractivity contribution in [2.45, 2.75) is 124 Å². The molecule has 0 unspecified atom stereocenters. The van der Waals surface area contributed by atoms with Crippen molar-refractivity contribution in [3.8, 4) is 35.2 Å². The van der Waals surface area contributed by atoms with Gasteiger partial charge >= 0.3 is 0 Å². The SMILES string of the molecule is CCCCCCc1ccc(C#Cc2ccc(OCCCCC)c(F)c2F)nc1.CCCCCOc1ccc(C#Cc2ccc(CCCCC)cn2)c(F)c1F. The number of unbranched alkanes of at least 4 members (excludes halogenated alkanes) is 9. The fourth-order valence-electron chi connectivity index (χ4n) is 5.44. The van der Waals surface area contributed by atoms with Crippen LogP contribution >= 0.6 is 0 Å². The van der Waals surface area contributed by atoms with Crippen molar-refractivity contribution in [3.63, 3.8) is 0 Å².